The van der Waals surface area contributed by atoms with Gasteiger partial charge in [0.1, 0.15) is 0 Å². The monoisotopic (exact) mass is 211 g/mol. The Morgan fingerprint density at radius 3 is 2.73 bits per heavy atom. The minimum atomic E-state index is 0.334. The highest BCUT2D eigenvalue weighted by Gasteiger charge is 2.45. The minimum Gasteiger partial charge on any atom is -0.377 e. The van der Waals surface area contributed by atoms with E-state index in [2.05, 4.69) is 19.2 Å². The summed E-state index contributed by atoms with van der Waals surface area (Å²) in [4.78, 5) is 0. The first-order valence-electron chi connectivity index (χ1n) is 6.59. The first kappa shape index (κ1) is 11.4. The maximum atomic E-state index is 5.88. The van der Waals surface area contributed by atoms with Gasteiger partial charge in [0, 0.05) is 5.54 Å². The molecule has 2 nitrogen and oxygen atoms in total. The second kappa shape index (κ2) is 4.84. The highest BCUT2D eigenvalue weighted by molar-refractivity contribution is 5.02. The van der Waals surface area contributed by atoms with Crippen molar-refractivity contribution in [3.63, 3.8) is 0 Å². The molecule has 2 heteroatoms. The lowest BCUT2D eigenvalue weighted by Crippen LogP contribution is -2.51. The Bertz CT molecular complexity index is 191. The van der Waals surface area contributed by atoms with Crippen molar-refractivity contribution in [2.24, 2.45) is 5.92 Å². The molecule has 15 heavy (non-hydrogen) atoms. The maximum Gasteiger partial charge on any atom is 0.0654 e. The van der Waals surface area contributed by atoms with Crippen LogP contribution in [0.2, 0.25) is 0 Å². The summed E-state index contributed by atoms with van der Waals surface area (Å²) in [7, 11) is 0. The van der Waals surface area contributed by atoms with E-state index in [1.807, 2.05) is 0 Å². The second-order valence-electron chi connectivity index (χ2n) is 5.53. The maximum absolute atomic E-state index is 5.88. The fourth-order valence-corrected chi connectivity index (χ4v) is 2.71. The van der Waals surface area contributed by atoms with Gasteiger partial charge in [0.2, 0.25) is 0 Å². The van der Waals surface area contributed by atoms with Crippen molar-refractivity contribution >= 4 is 0 Å². The van der Waals surface area contributed by atoms with Crippen LogP contribution in [-0.4, -0.2) is 24.8 Å². The van der Waals surface area contributed by atoms with Crippen LogP contribution < -0.4 is 5.32 Å². The van der Waals surface area contributed by atoms with Gasteiger partial charge in [-0.2, -0.15) is 0 Å². The van der Waals surface area contributed by atoms with Crippen molar-refractivity contribution in [2.75, 3.05) is 13.2 Å². The highest BCUT2D eigenvalue weighted by atomic mass is 16.5. The molecular weight excluding hydrogens is 186 g/mol. The van der Waals surface area contributed by atoms with Gasteiger partial charge in [-0.25, -0.2) is 0 Å². The molecule has 1 N–H and O–H groups in total. The zero-order valence-corrected chi connectivity index (χ0v) is 10.2. The third-order valence-electron chi connectivity index (χ3n) is 3.81. The number of rotatable bonds is 4. The largest absolute Gasteiger partial charge is 0.377 e. The lowest BCUT2D eigenvalue weighted by molar-refractivity contribution is 0.0173. The molecule has 0 radical (unpaired) electrons. The Labute approximate surface area is 93.8 Å². The molecule has 2 rings (SSSR count). The van der Waals surface area contributed by atoms with E-state index in [0.717, 1.165) is 12.5 Å². The zero-order chi connectivity index (χ0) is 10.7. The van der Waals surface area contributed by atoms with Crippen LogP contribution in [0.5, 0.6) is 0 Å². The van der Waals surface area contributed by atoms with Gasteiger partial charge in [-0.15, -0.1) is 0 Å². The summed E-state index contributed by atoms with van der Waals surface area (Å²) in [5.74, 6) is 0.898. The van der Waals surface area contributed by atoms with Crippen molar-refractivity contribution in [3.05, 3.63) is 0 Å². The molecular formula is C13H25NO. The van der Waals surface area contributed by atoms with Crippen molar-refractivity contribution in [3.8, 4) is 0 Å². The lowest BCUT2D eigenvalue weighted by atomic mass is 9.89. The van der Waals surface area contributed by atoms with Gasteiger partial charge in [-0.1, -0.05) is 12.8 Å². The van der Waals surface area contributed by atoms with Crippen molar-refractivity contribution in [1.29, 1.82) is 0 Å². The number of hydrogen-bond acceptors (Lipinski definition) is 2. The third kappa shape index (κ3) is 2.94. The molecule has 2 fully saturated rings. The van der Waals surface area contributed by atoms with Crippen molar-refractivity contribution in [2.45, 2.75) is 64.0 Å². The molecule has 0 amide bonds. The summed E-state index contributed by atoms with van der Waals surface area (Å²) in [6.45, 7) is 6.39. The molecule has 0 spiro atoms. The van der Waals surface area contributed by atoms with Gasteiger partial charge >= 0.3 is 0 Å². The average molecular weight is 211 g/mol. The zero-order valence-electron chi connectivity index (χ0n) is 10.2. The molecule has 2 aliphatic rings. The fourth-order valence-electron chi connectivity index (χ4n) is 2.71. The Kier molecular flexibility index (Phi) is 3.68. The SMILES string of the molecule is CC(C)OCC1(C2CC2)CCCCCN1. The molecule has 0 aromatic heterocycles. The molecule has 1 aliphatic carbocycles. The van der Waals surface area contributed by atoms with Crippen LogP contribution in [0.4, 0.5) is 0 Å². The Morgan fingerprint density at radius 1 is 1.27 bits per heavy atom. The van der Waals surface area contributed by atoms with Crippen LogP contribution in [0.25, 0.3) is 0 Å². The normalized spacial score (nSPS) is 33.0. The van der Waals surface area contributed by atoms with Gasteiger partial charge in [0.25, 0.3) is 0 Å². The average Bonchev–Trinajstić information content (AvgIpc) is 3.02. The molecule has 0 bridgehead atoms. The van der Waals surface area contributed by atoms with Gasteiger partial charge < -0.3 is 10.1 Å². The van der Waals surface area contributed by atoms with Crippen LogP contribution in [0.1, 0.15) is 52.4 Å². The molecule has 0 aromatic rings. The van der Waals surface area contributed by atoms with Crippen LogP contribution in [0, 0.1) is 5.92 Å². The van der Waals surface area contributed by atoms with E-state index in [1.165, 1.54) is 45.1 Å². The van der Waals surface area contributed by atoms with E-state index in [9.17, 15) is 0 Å². The molecule has 0 aromatic carbocycles. The first-order chi connectivity index (χ1) is 7.23. The van der Waals surface area contributed by atoms with E-state index < -0.39 is 0 Å². The second-order valence-corrected chi connectivity index (χ2v) is 5.53. The van der Waals surface area contributed by atoms with Crippen molar-refractivity contribution in [1.82, 2.24) is 5.32 Å². The molecule has 1 heterocycles. The quantitative estimate of drug-likeness (QED) is 0.772. The number of hydrogen-bond donors (Lipinski definition) is 1. The molecule has 1 atom stereocenters. The van der Waals surface area contributed by atoms with Gasteiger partial charge in [0.05, 0.1) is 12.7 Å². The summed E-state index contributed by atoms with van der Waals surface area (Å²) in [5, 5.41) is 3.79. The highest BCUT2D eigenvalue weighted by Crippen LogP contribution is 2.43. The fraction of sp³-hybridized carbons (Fsp3) is 1.00. The third-order valence-corrected chi connectivity index (χ3v) is 3.81. The standard InChI is InChI=1S/C13H25NO/c1-11(2)15-10-13(12-6-7-12)8-4-3-5-9-14-13/h11-12,14H,3-10H2,1-2H3. The van der Waals surface area contributed by atoms with Crippen LogP contribution in [-0.2, 0) is 4.74 Å². The first-order valence-corrected chi connectivity index (χ1v) is 6.59. The Balaban J connectivity index is 1.94. The number of nitrogens with one attached hydrogen (secondary N) is 1. The van der Waals surface area contributed by atoms with Gasteiger partial charge in [-0.05, 0) is 52.0 Å². The van der Waals surface area contributed by atoms with Gasteiger partial charge in [0.15, 0.2) is 0 Å². The van der Waals surface area contributed by atoms with E-state index in [0.29, 0.717) is 11.6 Å². The summed E-state index contributed by atoms with van der Waals surface area (Å²) in [5.41, 5.74) is 0.334. The molecule has 1 saturated carbocycles. The molecule has 1 unspecified atom stereocenters. The van der Waals surface area contributed by atoms with Crippen LogP contribution >= 0.6 is 0 Å². The van der Waals surface area contributed by atoms with E-state index in [1.54, 1.807) is 0 Å². The van der Waals surface area contributed by atoms with Crippen LogP contribution in [0.3, 0.4) is 0 Å². The molecule has 88 valence electrons. The smallest absolute Gasteiger partial charge is 0.0654 e. The Morgan fingerprint density at radius 2 is 2.07 bits per heavy atom. The predicted molar refractivity (Wildman–Crippen MR) is 63.0 cm³/mol. The van der Waals surface area contributed by atoms with Crippen LogP contribution in [0.15, 0.2) is 0 Å². The summed E-state index contributed by atoms with van der Waals surface area (Å²) >= 11 is 0. The molecule has 1 aliphatic heterocycles. The van der Waals surface area contributed by atoms with Crippen molar-refractivity contribution < 1.29 is 4.74 Å². The summed E-state index contributed by atoms with van der Waals surface area (Å²) in [6, 6.07) is 0. The van der Waals surface area contributed by atoms with E-state index in [4.69, 9.17) is 4.74 Å². The van der Waals surface area contributed by atoms with E-state index in [-0.39, 0.29) is 0 Å². The molecule has 1 saturated heterocycles. The van der Waals surface area contributed by atoms with Gasteiger partial charge in [-0.3, -0.25) is 0 Å². The predicted octanol–water partition coefficient (Wildman–Crippen LogP) is 2.72. The number of ether oxygens (including phenoxy) is 1. The summed E-state index contributed by atoms with van der Waals surface area (Å²) in [6.07, 6.45) is 8.63. The summed E-state index contributed by atoms with van der Waals surface area (Å²) < 4.78 is 5.88. The Hall–Kier alpha value is -0.0800. The van der Waals surface area contributed by atoms with E-state index >= 15 is 0 Å². The minimum absolute atomic E-state index is 0.334. The topological polar surface area (TPSA) is 21.3 Å². The lowest BCUT2D eigenvalue weighted by Gasteiger charge is -2.34.